The summed E-state index contributed by atoms with van der Waals surface area (Å²) in [5.41, 5.74) is 7.59. The van der Waals surface area contributed by atoms with E-state index in [1.54, 1.807) is 17.0 Å². The first-order chi connectivity index (χ1) is 12.9. The number of oxime groups is 1. The van der Waals surface area contributed by atoms with E-state index >= 15 is 0 Å². The van der Waals surface area contributed by atoms with Crippen molar-refractivity contribution in [2.45, 2.75) is 51.6 Å². The number of benzene rings is 1. The summed E-state index contributed by atoms with van der Waals surface area (Å²) >= 11 is 0. The number of hydrogen-bond donors (Lipinski definition) is 3. The Balaban J connectivity index is 0.00000280. The first kappa shape index (κ1) is 21.4. The Morgan fingerprint density at radius 2 is 1.86 bits per heavy atom. The van der Waals surface area contributed by atoms with E-state index in [0.717, 1.165) is 11.3 Å². The van der Waals surface area contributed by atoms with Crippen molar-refractivity contribution >= 4 is 23.4 Å². The van der Waals surface area contributed by atoms with Crippen molar-refractivity contribution in [1.29, 1.82) is 5.41 Å². The lowest BCUT2D eigenvalue weighted by Gasteiger charge is -2.37. The molecule has 2 heterocycles. The summed E-state index contributed by atoms with van der Waals surface area (Å²) in [5, 5.41) is 20.4. The van der Waals surface area contributed by atoms with Crippen molar-refractivity contribution in [3.8, 4) is 0 Å². The van der Waals surface area contributed by atoms with E-state index in [9.17, 15) is 9.59 Å². The number of rotatable bonds is 6. The predicted octanol–water partition coefficient (Wildman–Crippen LogP) is 2.35. The first-order valence-corrected chi connectivity index (χ1v) is 9.08. The second-order valence-corrected chi connectivity index (χ2v) is 7.11. The quantitative estimate of drug-likeness (QED) is 0.509. The third kappa shape index (κ3) is 4.88. The lowest BCUT2D eigenvalue weighted by molar-refractivity contribution is -0.138. The SMILES string of the molecule is C.N=C(N)c1ccc(C2=NOC3(CCN(C(=O)CCCC(=O)O)CC3)C2)cc1. The molecule has 0 saturated carbocycles. The Morgan fingerprint density at radius 3 is 2.43 bits per heavy atom. The van der Waals surface area contributed by atoms with Gasteiger partial charge in [0, 0.05) is 50.8 Å². The molecule has 4 N–H and O–H groups in total. The van der Waals surface area contributed by atoms with E-state index in [1.165, 1.54) is 0 Å². The Hall–Kier alpha value is -2.90. The summed E-state index contributed by atoms with van der Waals surface area (Å²) in [5.74, 6) is -0.839. The van der Waals surface area contributed by atoms with Crippen molar-refractivity contribution < 1.29 is 19.5 Å². The molecular weight excluding hydrogens is 360 g/mol. The van der Waals surface area contributed by atoms with Crippen molar-refractivity contribution in [1.82, 2.24) is 4.90 Å². The fourth-order valence-corrected chi connectivity index (χ4v) is 3.50. The van der Waals surface area contributed by atoms with Crippen LogP contribution in [0, 0.1) is 5.41 Å². The lowest BCUT2D eigenvalue weighted by Crippen LogP contribution is -2.46. The molecule has 8 nitrogen and oxygen atoms in total. The molecule has 0 atom stereocenters. The number of carbonyl (C=O) groups is 2. The number of carboxylic acid groups (broad SMARTS) is 1. The third-order valence-electron chi connectivity index (χ3n) is 5.18. The zero-order valence-corrected chi connectivity index (χ0v) is 15.1. The van der Waals surface area contributed by atoms with Crippen LogP contribution < -0.4 is 5.73 Å². The van der Waals surface area contributed by atoms with Gasteiger partial charge < -0.3 is 20.6 Å². The van der Waals surface area contributed by atoms with Gasteiger partial charge in [0.05, 0.1) is 5.71 Å². The van der Waals surface area contributed by atoms with Crippen molar-refractivity contribution in [3.63, 3.8) is 0 Å². The number of piperidine rings is 1. The minimum Gasteiger partial charge on any atom is -0.481 e. The molecule has 8 heteroatoms. The van der Waals surface area contributed by atoms with E-state index < -0.39 is 5.97 Å². The standard InChI is InChI=1S/C19H24N4O4.CH4/c20-18(21)14-6-4-13(5-7-14)15-12-19(27-22-15)8-10-23(11-9-19)16(24)2-1-3-17(25)26;/h4-7H,1-3,8-12H2,(H3,20,21)(H,25,26);1H4. The fraction of sp³-hybridized carbons (Fsp3) is 0.500. The Kier molecular flexibility index (Phi) is 6.77. The highest BCUT2D eigenvalue weighted by atomic mass is 16.7. The Bertz CT molecular complexity index is 765. The normalized spacial score (nSPS) is 17.4. The molecule has 0 radical (unpaired) electrons. The monoisotopic (exact) mass is 388 g/mol. The number of nitrogens with two attached hydrogens (primary N) is 1. The van der Waals surface area contributed by atoms with Crippen LogP contribution in [0.15, 0.2) is 29.4 Å². The van der Waals surface area contributed by atoms with Gasteiger partial charge in [-0.15, -0.1) is 0 Å². The molecule has 0 aromatic heterocycles. The van der Waals surface area contributed by atoms with Crippen LogP contribution in [0.5, 0.6) is 0 Å². The lowest BCUT2D eigenvalue weighted by atomic mass is 9.85. The Morgan fingerprint density at radius 1 is 1.21 bits per heavy atom. The van der Waals surface area contributed by atoms with Crippen LogP contribution in [0.4, 0.5) is 0 Å². The fourth-order valence-electron chi connectivity index (χ4n) is 3.50. The van der Waals surface area contributed by atoms with Crippen LogP contribution in [0.2, 0.25) is 0 Å². The van der Waals surface area contributed by atoms with E-state index in [0.29, 0.717) is 44.3 Å². The second kappa shape index (κ2) is 8.86. The van der Waals surface area contributed by atoms with Crippen molar-refractivity contribution in [2.24, 2.45) is 10.9 Å². The highest BCUT2D eigenvalue weighted by Gasteiger charge is 2.43. The third-order valence-corrected chi connectivity index (χ3v) is 5.18. The van der Waals surface area contributed by atoms with Crippen LogP contribution in [0.3, 0.4) is 0 Å². The first-order valence-electron chi connectivity index (χ1n) is 9.08. The maximum absolute atomic E-state index is 12.2. The Labute approximate surface area is 164 Å². The van der Waals surface area contributed by atoms with Crippen LogP contribution in [0.25, 0.3) is 0 Å². The van der Waals surface area contributed by atoms with Gasteiger partial charge in [-0.05, 0) is 12.0 Å². The van der Waals surface area contributed by atoms with Gasteiger partial charge in [-0.25, -0.2) is 0 Å². The zero-order valence-electron chi connectivity index (χ0n) is 15.1. The molecule has 1 fully saturated rings. The predicted molar refractivity (Wildman–Crippen MR) is 106 cm³/mol. The van der Waals surface area contributed by atoms with Gasteiger partial charge in [0.1, 0.15) is 11.4 Å². The van der Waals surface area contributed by atoms with Gasteiger partial charge in [0.2, 0.25) is 5.91 Å². The summed E-state index contributed by atoms with van der Waals surface area (Å²) in [6.07, 6.45) is 2.76. The van der Waals surface area contributed by atoms with Crippen LogP contribution in [-0.4, -0.2) is 52.1 Å². The smallest absolute Gasteiger partial charge is 0.303 e. The number of hydrogen-bond acceptors (Lipinski definition) is 5. The van der Waals surface area contributed by atoms with Crippen LogP contribution in [-0.2, 0) is 14.4 Å². The minimum atomic E-state index is -0.874. The van der Waals surface area contributed by atoms with Gasteiger partial charge >= 0.3 is 5.97 Å². The van der Waals surface area contributed by atoms with E-state index in [1.807, 2.05) is 12.1 Å². The summed E-state index contributed by atoms with van der Waals surface area (Å²) < 4.78 is 0. The molecule has 0 bridgehead atoms. The molecule has 0 aliphatic carbocycles. The summed E-state index contributed by atoms with van der Waals surface area (Å²) in [6, 6.07) is 7.37. The van der Waals surface area contributed by atoms with Gasteiger partial charge in [-0.1, -0.05) is 36.8 Å². The molecule has 2 aliphatic rings. The number of amides is 1. The second-order valence-electron chi connectivity index (χ2n) is 7.11. The number of nitrogen functional groups attached to an aromatic ring is 1. The number of amidine groups is 1. The number of carbonyl (C=O) groups excluding carboxylic acids is 1. The largest absolute Gasteiger partial charge is 0.481 e. The average Bonchev–Trinajstić information content (AvgIpc) is 3.05. The molecule has 2 aliphatic heterocycles. The number of aliphatic carboxylic acids is 1. The summed E-state index contributed by atoms with van der Waals surface area (Å²) in [4.78, 5) is 30.3. The van der Waals surface area contributed by atoms with Crippen molar-refractivity contribution in [2.75, 3.05) is 13.1 Å². The molecule has 1 amide bonds. The topological polar surface area (TPSA) is 129 Å². The molecular formula is C20H28N4O4. The van der Waals surface area contributed by atoms with E-state index in [4.69, 9.17) is 21.1 Å². The van der Waals surface area contributed by atoms with Gasteiger partial charge in [0.25, 0.3) is 0 Å². The molecule has 28 heavy (non-hydrogen) atoms. The van der Waals surface area contributed by atoms with Crippen molar-refractivity contribution in [3.05, 3.63) is 35.4 Å². The van der Waals surface area contributed by atoms with E-state index in [-0.39, 0.29) is 37.6 Å². The number of nitrogens with one attached hydrogen (secondary N) is 1. The molecule has 1 saturated heterocycles. The molecule has 1 aromatic rings. The zero-order chi connectivity index (χ0) is 19.4. The van der Waals surface area contributed by atoms with Crippen LogP contribution >= 0.6 is 0 Å². The maximum atomic E-state index is 12.2. The van der Waals surface area contributed by atoms with E-state index in [2.05, 4.69) is 5.16 Å². The molecule has 3 rings (SSSR count). The molecule has 0 unspecified atom stereocenters. The van der Waals surface area contributed by atoms with Gasteiger partial charge in [-0.3, -0.25) is 15.0 Å². The summed E-state index contributed by atoms with van der Waals surface area (Å²) in [7, 11) is 0. The highest BCUT2D eigenvalue weighted by molar-refractivity contribution is 6.03. The summed E-state index contributed by atoms with van der Waals surface area (Å²) in [6.45, 7) is 1.19. The van der Waals surface area contributed by atoms with Gasteiger partial charge in [-0.2, -0.15) is 0 Å². The number of carboxylic acids is 1. The average molecular weight is 388 g/mol. The highest BCUT2D eigenvalue weighted by Crippen LogP contribution is 2.36. The van der Waals surface area contributed by atoms with Crippen LogP contribution in [0.1, 0.15) is 57.1 Å². The number of nitrogens with zero attached hydrogens (tertiary/aromatic N) is 2. The minimum absolute atomic E-state index is 0. The van der Waals surface area contributed by atoms with Gasteiger partial charge in [0.15, 0.2) is 0 Å². The molecule has 1 aromatic carbocycles. The number of likely N-dealkylation sites (tertiary alicyclic amines) is 1. The molecule has 1 spiro atoms. The molecule has 152 valence electrons. The maximum Gasteiger partial charge on any atom is 0.303 e.